The van der Waals surface area contributed by atoms with E-state index < -0.39 is 0 Å². The molecule has 0 unspecified atom stereocenters. The van der Waals surface area contributed by atoms with E-state index in [2.05, 4.69) is 5.32 Å². The van der Waals surface area contributed by atoms with Crippen molar-refractivity contribution in [3.63, 3.8) is 0 Å². The van der Waals surface area contributed by atoms with Gasteiger partial charge in [-0.15, -0.1) is 0 Å². The molecule has 0 bridgehead atoms. The van der Waals surface area contributed by atoms with Gasteiger partial charge in [0, 0.05) is 0 Å². The molecule has 0 atom stereocenters. The molecule has 0 fully saturated rings. The normalized spacial score (nSPS) is 9.76. The molecule has 0 saturated carbocycles. The van der Waals surface area contributed by atoms with Crippen molar-refractivity contribution < 1.29 is 9.53 Å². The number of methoxy groups -OCH3 is 1. The molecular formula is C12H15N3O2. The van der Waals surface area contributed by atoms with Gasteiger partial charge in [0.2, 0.25) is 5.91 Å². The molecule has 0 aliphatic carbocycles. The van der Waals surface area contributed by atoms with Crippen LogP contribution in [0.4, 0.5) is 5.69 Å². The lowest BCUT2D eigenvalue weighted by Crippen LogP contribution is -2.30. The molecule has 1 amide bonds. The lowest BCUT2D eigenvalue weighted by atomic mass is 10.3. The summed E-state index contributed by atoms with van der Waals surface area (Å²) in [6.07, 6.45) is 0. The molecular weight excluding hydrogens is 218 g/mol. The highest BCUT2D eigenvalue weighted by molar-refractivity contribution is 5.93. The second kappa shape index (κ2) is 6.51. The number of nitrogens with zero attached hydrogens (tertiary/aromatic N) is 2. The van der Waals surface area contributed by atoms with Gasteiger partial charge in [0.15, 0.2) is 0 Å². The fourth-order valence-corrected chi connectivity index (χ4v) is 1.36. The molecule has 1 aromatic carbocycles. The summed E-state index contributed by atoms with van der Waals surface area (Å²) in [5.74, 6) is 0.441. The Morgan fingerprint density at radius 3 is 2.88 bits per heavy atom. The van der Waals surface area contributed by atoms with Crippen LogP contribution in [-0.4, -0.2) is 38.1 Å². The van der Waals surface area contributed by atoms with E-state index in [1.165, 1.54) is 0 Å². The summed E-state index contributed by atoms with van der Waals surface area (Å²) in [5.41, 5.74) is 0.630. The van der Waals surface area contributed by atoms with E-state index in [4.69, 9.17) is 10.00 Å². The minimum absolute atomic E-state index is 0.172. The second-order valence-corrected chi connectivity index (χ2v) is 3.58. The third-order valence-electron chi connectivity index (χ3n) is 2.14. The molecule has 0 aliphatic heterocycles. The molecule has 5 heteroatoms. The van der Waals surface area contributed by atoms with Crippen LogP contribution in [0.15, 0.2) is 24.3 Å². The Hall–Kier alpha value is -2.06. The lowest BCUT2D eigenvalue weighted by Gasteiger charge is -2.13. The number of nitriles is 1. The Bertz CT molecular complexity index is 426. The van der Waals surface area contributed by atoms with Gasteiger partial charge in [-0.3, -0.25) is 9.69 Å². The third kappa shape index (κ3) is 4.13. The quantitative estimate of drug-likeness (QED) is 0.773. The smallest absolute Gasteiger partial charge is 0.238 e. The van der Waals surface area contributed by atoms with Crippen LogP contribution in [-0.2, 0) is 4.79 Å². The zero-order valence-electron chi connectivity index (χ0n) is 9.93. The van der Waals surface area contributed by atoms with Crippen molar-refractivity contribution in [1.29, 1.82) is 5.26 Å². The number of hydrogen-bond acceptors (Lipinski definition) is 4. The van der Waals surface area contributed by atoms with Crippen molar-refractivity contribution in [2.45, 2.75) is 0 Å². The maximum absolute atomic E-state index is 11.6. The van der Waals surface area contributed by atoms with Crippen LogP contribution in [0, 0.1) is 11.3 Å². The molecule has 0 saturated heterocycles. The Kier molecular flexibility index (Phi) is 4.98. The molecule has 0 radical (unpaired) electrons. The Morgan fingerprint density at radius 2 is 2.24 bits per heavy atom. The third-order valence-corrected chi connectivity index (χ3v) is 2.14. The molecule has 0 heterocycles. The first kappa shape index (κ1) is 13.0. The van der Waals surface area contributed by atoms with Crippen molar-refractivity contribution in [2.75, 3.05) is 32.6 Å². The fraction of sp³-hybridized carbons (Fsp3) is 0.333. The molecule has 0 aromatic heterocycles. The Balaban J connectivity index is 2.59. The van der Waals surface area contributed by atoms with Gasteiger partial charge in [-0.2, -0.15) is 5.26 Å². The zero-order chi connectivity index (χ0) is 12.7. The molecule has 17 heavy (non-hydrogen) atoms. The summed E-state index contributed by atoms with van der Waals surface area (Å²) in [7, 11) is 3.26. The molecule has 0 aliphatic rings. The van der Waals surface area contributed by atoms with Gasteiger partial charge in [-0.1, -0.05) is 12.1 Å². The predicted octanol–water partition coefficient (Wildman–Crippen LogP) is 1.09. The molecule has 1 N–H and O–H groups in total. The summed E-state index contributed by atoms with van der Waals surface area (Å²) in [6, 6.07) is 9.16. The van der Waals surface area contributed by atoms with Crippen molar-refractivity contribution >= 4 is 11.6 Å². The topological polar surface area (TPSA) is 65.4 Å². The van der Waals surface area contributed by atoms with Gasteiger partial charge in [-0.05, 0) is 19.2 Å². The summed E-state index contributed by atoms with van der Waals surface area (Å²) >= 11 is 0. The van der Waals surface area contributed by atoms with Crippen LogP contribution in [0.5, 0.6) is 5.75 Å². The number of carbonyl (C=O) groups excluding carboxylic acids is 1. The first-order valence-electron chi connectivity index (χ1n) is 5.15. The van der Waals surface area contributed by atoms with Crippen molar-refractivity contribution in [2.24, 2.45) is 0 Å². The van der Waals surface area contributed by atoms with Crippen LogP contribution >= 0.6 is 0 Å². The average molecular weight is 233 g/mol. The van der Waals surface area contributed by atoms with Crippen LogP contribution in [0.25, 0.3) is 0 Å². The predicted molar refractivity (Wildman–Crippen MR) is 64.7 cm³/mol. The Morgan fingerprint density at radius 1 is 1.53 bits per heavy atom. The fourth-order valence-electron chi connectivity index (χ4n) is 1.36. The molecule has 1 rings (SSSR count). The molecule has 90 valence electrons. The van der Waals surface area contributed by atoms with Crippen molar-refractivity contribution in [1.82, 2.24) is 4.90 Å². The first-order chi connectivity index (χ1) is 8.17. The van der Waals surface area contributed by atoms with Crippen molar-refractivity contribution in [3.05, 3.63) is 24.3 Å². The van der Waals surface area contributed by atoms with Gasteiger partial charge >= 0.3 is 0 Å². The van der Waals surface area contributed by atoms with E-state index in [9.17, 15) is 4.79 Å². The zero-order valence-corrected chi connectivity index (χ0v) is 9.93. The van der Waals surface area contributed by atoms with E-state index in [0.717, 1.165) is 0 Å². The standard InChI is InChI=1S/C12H15N3O2/c1-15(8-7-13)9-12(16)14-10-5-3-4-6-11(10)17-2/h3-6H,8-9H2,1-2H3,(H,14,16). The molecule has 5 nitrogen and oxygen atoms in total. The highest BCUT2D eigenvalue weighted by Gasteiger charge is 2.08. The number of para-hydroxylation sites is 2. The van der Waals surface area contributed by atoms with Gasteiger partial charge in [-0.25, -0.2) is 0 Å². The highest BCUT2D eigenvalue weighted by atomic mass is 16.5. The number of nitrogens with one attached hydrogen (secondary N) is 1. The lowest BCUT2D eigenvalue weighted by molar-refractivity contribution is -0.116. The van der Waals surface area contributed by atoms with Gasteiger partial charge in [0.25, 0.3) is 0 Å². The number of carbonyl (C=O) groups is 1. The summed E-state index contributed by atoms with van der Waals surface area (Å²) in [5, 5.41) is 11.2. The summed E-state index contributed by atoms with van der Waals surface area (Å²) < 4.78 is 5.12. The van der Waals surface area contributed by atoms with E-state index >= 15 is 0 Å². The molecule has 1 aromatic rings. The SMILES string of the molecule is COc1ccccc1NC(=O)CN(C)CC#N. The monoisotopic (exact) mass is 233 g/mol. The highest BCUT2D eigenvalue weighted by Crippen LogP contribution is 2.22. The number of anilines is 1. The van der Waals surface area contributed by atoms with E-state index in [1.54, 1.807) is 31.2 Å². The first-order valence-corrected chi connectivity index (χ1v) is 5.15. The van der Waals surface area contributed by atoms with Gasteiger partial charge < -0.3 is 10.1 Å². The van der Waals surface area contributed by atoms with E-state index in [0.29, 0.717) is 11.4 Å². The number of hydrogen-bond donors (Lipinski definition) is 1. The van der Waals surface area contributed by atoms with Crippen LogP contribution in [0.2, 0.25) is 0 Å². The van der Waals surface area contributed by atoms with Crippen molar-refractivity contribution in [3.8, 4) is 11.8 Å². The number of rotatable bonds is 5. The number of likely N-dealkylation sites (N-methyl/N-ethyl adjacent to an activating group) is 1. The van der Waals surface area contributed by atoms with Gasteiger partial charge in [0.05, 0.1) is 32.0 Å². The number of benzene rings is 1. The van der Waals surface area contributed by atoms with Crippen LogP contribution in [0.1, 0.15) is 0 Å². The van der Waals surface area contributed by atoms with Crippen LogP contribution in [0.3, 0.4) is 0 Å². The number of ether oxygens (including phenoxy) is 1. The maximum Gasteiger partial charge on any atom is 0.238 e. The Labute approximate surface area is 101 Å². The molecule has 0 spiro atoms. The second-order valence-electron chi connectivity index (χ2n) is 3.58. The summed E-state index contributed by atoms with van der Waals surface area (Å²) in [6.45, 7) is 0.394. The van der Waals surface area contributed by atoms with E-state index in [-0.39, 0.29) is 19.0 Å². The minimum Gasteiger partial charge on any atom is -0.495 e. The van der Waals surface area contributed by atoms with E-state index in [1.807, 2.05) is 18.2 Å². The average Bonchev–Trinajstić information content (AvgIpc) is 2.29. The van der Waals surface area contributed by atoms with Crippen LogP contribution < -0.4 is 10.1 Å². The summed E-state index contributed by atoms with van der Waals surface area (Å²) in [4.78, 5) is 13.3. The minimum atomic E-state index is -0.174. The number of amides is 1. The van der Waals surface area contributed by atoms with Gasteiger partial charge in [0.1, 0.15) is 5.75 Å². The largest absolute Gasteiger partial charge is 0.495 e. The maximum atomic E-state index is 11.6.